The van der Waals surface area contributed by atoms with Gasteiger partial charge >= 0.3 is 0 Å². The number of benzene rings is 2. The molecule has 1 aromatic heterocycles. The fourth-order valence-electron chi connectivity index (χ4n) is 2.52. The zero-order valence-electron chi connectivity index (χ0n) is 14.0. The first-order valence-corrected chi connectivity index (χ1v) is 8.72. The van der Waals surface area contributed by atoms with Crippen LogP contribution in [-0.2, 0) is 11.8 Å². The van der Waals surface area contributed by atoms with Crippen LogP contribution in [0.15, 0.2) is 65.4 Å². The summed E-state index contributed by atoms with van der Waals surface area (Å²) in [6.07, 6.45) is 3.44. The quantitative estimate of drug-likeness (QED) is 0.666. The lowest BCUT2D eigenvalue weighted by atomic mass is 10.1. The van der Waals surface area contributed by atoms with Crippen molar-refractivity contribution in [2.75, 3.05) is 6.61 Å². The van der Waals surface area contributed by atoms with Crippen LogP contribution >= 0.6 is 15.9 Å². The topological polar surface area (TPSA) is 56.2 Å². The summed E-state index contributed by atoms with van der Waals surface area (Å²) in [5.74, 6) is 0.594. The molecule has 0 spiro atoms. The van der Waals surface area contributed by atoms with Gasteiger partial charge < -0.3 is 14.6 Å². The van der Waals surface area contributed by atoms with E-state index in [0.29, 0.717) is 11.6 Å². The highest BCUT2D eigenvalue weighted by Gasteiger charge is 2.21. The Balaban J connectivity index is 1.74. The lowest BCUT2D eigenvalue weighted by molar-refractivity contribution is -0.123. The number of ether oxygens (including phenoxy) is 1. The van der Waals surface area contributed by atoms with Crippen LogP contribution in [0.25, 0.3) is 0 Å². The van der Waals surface area contributed by atoms with Gasteiger partial charge in [-0.1, -0.05) is 34.1 Å². The molecule has 1 heterocycles. The molecule has 26 heavy (non-hydrogen) atoms. The Bertz CT molecular complexity index is 896. The van der Waals surface area contributed by atoms with Gasteiger partial charge in [0.25, 0.3) is 5.91 Å². The van der Waals surface area contributed by atoms with E-state index >= 15 is 0 Å². The van der Waals surface area contributed by atoms with Crippen LogP contribution in [0.5, 0.6) is 5.75 Å². The third kappa shape index (κ3) is 4.49. The molecule has 2 aromatic carbocycles. The molecule has 0 unspecified atom stereocenters. The summed E-state index contributed by atoms with van der Waals surface area (Å²) in [7, 11) is 1.84. The third-order valence-electron chi connectivity index (χ3n) is 3.79. The summed E-state index contributed by atoms with van der Waals surface area (Å²) < 4.78 is 21.4. The van der Waals surface area contributed by atoms with Crippen LogP contribution in [-0.4, -0.2) is 22.1 Å². The van der Waals surface area contributed by atoms with Gasteiger partial charge in [0.15, 0.2) is 6.61 Å². The van der Waals surface area contributed by atoms with Crippen molar-refractivity contribution in [2.24, 2.45) is 7.05 Å². The van der Waals surface area contributed by atoms with Gasteiger partial charge in [-0.3, -0.25) is 4.79 Å². The second-order valence-electron chi connectivity index (χ2n) is 5.69. The van der Waals surface area contributed by atoms with Crippen LogP contribution in [0.3, 0.4) is 0 Å². The molecule has 134 valence electrons. The molecular formula is C19H17BrFN3O2. The monoisotopic (exact) mass is 417 g/mol. The second-order valence-corrected chi connectivity index (χ2v) is 6.61. The number of carbonyl (C=O) groups excluding carboxylic acids is 1. The number of hydrogen-bond acceptors (Lipinski definition) is 3. The molecule has 3 aromatic rings. The van der Waals surface area contributed by atoms with Crippen molar-refractivity contribution in [3.8, 4) is 5.75 Å². The Morgan fingerprint density at radius 2 is 2.08 bits per heavy atom. The summed E-state index contributed by atoms with van der Waals surface area (Å²) in [4.78, 5) is 16.7. The van der Waals surface area contributed by atoms with Crippen LogP contribution in [0.4, 0.5) is 4.39 Å². The predicted molar refractivity (Wildman–Crippen MR) is 99.2 cm³/mol. The SMILES string of the molecule is Cn1ccnc1[C@H](NC(=O)COc1cccc(Br)c1)c1ccc(F)cc1. The maximum atomic E-state index is 13.2. The standard InChI is InChI=1S/C19H17BrFN3O2/c1-24-10-9-22-19(24)18(13-5-7-15(21)8-6-13)23-17(25)12-26-16-4-2-3-14(20)11-16/h2-11,18H,12H2,1H3,(H,23,25)/t18-/m1/s1. The summed E-state index contributed by atoms with van der Waals surface area (Å²) in [5.41, 5.74) is 0.733. The van der Waals surface area contributed by atoms with E-state index < -0.39 is 6.04 Å². The number of aromatic nitrogens is 2. The second kappa shape index (κ2) is 8.14. The van der Waals surface area contributed by atoms with Gasteiger partial charge in [0.2, 0.25) is 0 Å². The molecule has 1 amide bonds. The minimum absolute atomic E-state index is 0.140. The minimum atomic E-state index is -0.505. The van der Waals surface area contributed by atoms with Gasteiger partial charge in [-0.15, -0.1) is 0 Å². The van der Waals surface area contributed by atoms with Gasteiger partial charge in [0.05, 0.1) is 0 Å². The Morgan fingerprint density at radius 3 is 2.73 bits per heavy atom. The average Bonchev–Trinajstić information content (AvgIpc) is 3.05. The van der Waals surface area contributed by atoms with Crippen LogP contribution in [0, 0.1) is 5.82 Å². The fourth-order valence-corrected chi connectivity index (χ4v) is 2.89. The zero-order chi connectivity index (χ0) is 18.5. The lowest BCUT2D eigenvalue weighted by Crippen LogP contribution is -2.34. The van der Waals surface area contributed by atoms with Crippen molar-refractivity contribution in [2.45, 2.75) is 6.04 Å². The first-order valence-electron chi connectivity index (χ1n) is 7.93. The highest BCUT2D eigenvalue weighted by Crippen LogP contribution is 2.21. The number of rotatable bonds is 6. The van der Waals surface area contributed by atoms with E-state index in [1.54, 1.807) is 36.7 Å². The fraction of sp³-hybridized carbons (Fsp3) is 0.158. The number of nitrogens with zero attached hydrogens (tertiary/aromatic N) is 2. The molecule has 0 saturated carbocycles. The number of carbonyl (C=O) groups is 1. The van der Waals surface area contributed by atoms with Crippen molar-refractivity contribution in [1.82, 2.24) is 14.9 Å². The predicted octanol–water partition coefficient (Wildman–Crippen LogP) is 3.61. The van der Waals surface area contributed by atoms with Crippen molar-refractivity contribution < 1.29 is 13.9 Å². The van der Waals surface area contributed by atoms with Crippen LogP contribution in [0.1, 0.15) is 17.4 Å². The molecule has 5 nitrogen and oxygen atoms in total. The molecule has 0 fully saturated rings. The summed E-state index contributed by atoms with van der Waals surface area (Å²) in [6.45, 7) is -0.140. The first kappa shape index (κ1) is 18.1. The van der Waals surface area contributed by atoms with Gasteiger partial charge in [-0.25, -0.2) is 9.37 Å². The Kier molecular flexibility index (Phi) is 5.68. The molecule has 0 radical (unpaired) electrons. The van der Waals surface area contributed by atoms with Crippen molar-refractivity contribution in [3.63, 3.8) is 0 Å². The number of nitrogens with one attached hydrogen (secondary N) is 1. The van der Waals surface area contributed by atoms with E-state index in [2.05, 4.69) is 26.2 Å². The molecule has 0 bridgehead atoms. The number of imidazole rings is 1. The van der Waals surface area contributed by atoms with Gasteiger partial charge in [-0.2, -0.15) is 0 Å². The van der Waals surface area contributed by atoms with Gasteiger partial charge in [0, 0.05) is 23.9 Å². The van der Waals surface area contributed by atoms with Crippen LogP contribution in [0.2, 0.25) is 0 Å². The smallest absolute Gasteiger partial charge is 0.258 e. The summed E-state index contributed by atoms with van der Waals surface area (Å²) in [6, 6.07) is 12.7. The summed E-state index contributed by atoms with van der Waals surface area (Å²) >= 11 is 3.36. The number of halogens is 2. The average molecular weight is 418 g/mol. The molecule has 0 aliphatic heterocycles. The Morgan fingerprint density at radius 1 is 1.31 bits per heavy atom. The largest absolute Gasteiger partial charge is 0.484 e. The maximum Gasteiger partial charge on any atom is 0.258 e. The van der Waals surface area contributed by atoms with E-state index in [4.69, 9.17) is 4.74 Å². The van der Waals surface area contributed by atoms with Crippen LogP contribution < -0.4 is 10.1 Å². The Hall–Kier alpha value is -2.67. The third-order valence-corrected chi connectivity index (χ3v) is 4.28. The first-order chi connectivity index (χ1) is 12.5. The maximum absolute atomic E-state index is 13.2. The van der Waals surface area contributed by atoms with Gasteiger partial charge in [0.1, 0.15) is 23.4 Å². The highest BCUT2D eigenvalue weighted by molar-refractivity contribution is 9.10. The molecule has 0 aliphatic carbocycles. The minimum Gasteiger partial charge on any atom is -0.484 e. The van der Waals surface area contributed by atoms with E-state index in [0.717, 1.165) is 10.0 Å². The molecular weight excluding hydrogens is 401 g/mol. The van der Waals surface area contributed by atoms with Crippen molar-refractivity contribution >= 4 is 21.8 Å². The molecule has 3 rings (SSSR count). The van der Waals surface area contributed by atoms with Crippen molar-refractivity contribution in [1.29, 1.82) is 0 Å². The van der Waals surface area contributed by atoms with Crippen molar-refractivity contribution in [3.05, 3.63) is 82.6 Å². The Labute approximate surface area is 159 Å². The summed E-state index contributed by atoms with van der Waals surface area (Å²) in [5, 5.41) is 2.90. The number of amides is 1. The lowest BCUT2D eigenvalue weighted by Gasteiger charge is -2.19. The molecule has 0 saturated heterocycles. The highest BCUT2D eigenvalue weighted by atomic mass is 79.9. The normalized spacial score (nSPS) is 11.8. The van der Waals surface area contributed by atoms with E-state index in [-0.39, 0.29) is 18.3 Å². The molecule has 0 aliphatic rings. The molecule has 1 N–H and O–H groups in total. The van der Waals surface area contributed by atoms with E-state index in [9.17, 15) is 9.18 Å². The number of aryl methyl sites for hydroxylation is 1. The number of hydrogen-bond donors (Lipinski definition) is 1. The van der Waals surface area contributed by atoms with E-state index in [1.807, 2.05) is 23.7 Å². The zero-order valence-corrected chi connectivity index (χ0v) is 15.6. The molecule has 1 atom stereocenters. The van der Waals surface area contributed by atoms with Gasteiger partial charge in [-0.05, 0) is 35.9 Å². The molecule has 7 heteroatoms. The van der Waals surface area contributed by atoms with E-state index in [1.165, 1.54) is 12.1 Å².